The molecule has 1 heterocycles. The minimum absolute atomic E-state index is 0.510. The van der Waals surface area contributed by atoms with Crippen molar-refractivity contribution in [1.82, 2.24) is 4.98 Å². The number of carbonyl (C=O) groups is 1. The average molecular weight is 268 g/mol. The summed E-state index contributed by atoms with van der Waals surface area (Å²) in [4.78, 5) is 13.9. The molecule has 3 nitrogen and oxygen atoms in total. The molecule has 0 aliphatic heterocycles. The molecule has 0 aliphatic carbocycles. The minimum Gasteiger partial charge on any atom is -0.481 e. The lowest BCUT2D eigenvalue weighted by Crippen LogP contribution is -2.07. The molecular formula is C11H10BrNO2. The summed E-state index contributed by atoms with van der Waals surface area (Å²) in [5, 5.41) is 9.92. The van der Waals surface area contributed by atoms with Gasteiger partial charge in [-0.25, -0.2) is 0 Å². The number of hydrogen-bond acceptors (Lipinski definition) is 1. The van der Waals surface area contributed by atoms with E-state index in [1.807, 2.05) is 24.3 Å². The third-order valence-corrected chi connectivity index (χ3v) is 3.12. The molecule has 1 unspecified atom stereocenters. The molecular weight excluding hydrogens is 258 g/mol. The number of H-pyrrole nitrogens is 1. The summed E-state index contributed by atoms with van der Waals surface area (Å²) in [6.45, 7) is 1.67. The zero-order chi connectivity index (χ0) is 11.0. The summed E-state index contributed by atoms with van der Waals surface area (Å²) in [5.41, 5.74) is 1.67. The second-order valence-electron chi connectivity index (χ2n) is 3.49. The molecule has 0 radical (unpaired) electrons. The zero-order valence-electron chi connectivity index (χ0n) is 8.12. The van der Waals surface area contributed by atoms with Crippen LogP contribution in [0, 0.1) is 0 Å². The summed E-state index contributed by atoms with van der Waals surface area (Å²) in [5.74, 6) is -1.33. The van der Waals surface area contributed by atoms with Crippen LogP contribution in [0.2, 0.25) is 0 Å². The van der Waals surface area contributed by atoms with E-state index in [2.05, 4.69) is 20.9 Å². The number of aromatic amines is 1. The van der Waals surface area contributed by atoms with Crippen LogP contribution in [0.5, 0.6) is 0 Å². The van der Waals surface area contributed by atoms with Crippen molar-refractivity contribution in [2.24, 2.45) is 0 Å². The van der Waals surface area contributed by atoms with Crippen molar-refractivity contribution in [3.63, 3.8) is 0 Å². The molecule has 0 fully saturated rings. The van der Waals surface area contributed by atoms with Crippen molar-refractivity contribution in [2.75, 3.05) is 0 Å². The van der Waals surface area contributed by atoms with Crippen molar-refractivity contribution in [3.8, 4) is 0 Å². The molecule has 0 aliphatic rings. The summed E-state index contributed by atoms with van der Waals surface area (Å²) < 4.78 is 0.948. The Labute approximate surface area is 95.2 Å². The highest BCUT2D eigenvalue weighted by Crippen LogP contribution is 2.26. The molecule has 0 saturated heterocycles. The van der Waals surface area contributed by atoms with Gasteiger partial charge in [-0.1, -0.05) is 12.1 Å². The maximum absolute atomic E-state index is 10.8. The molecule has 0 spiro atoms. The Morgan fingerprint density at radius 2 is 2.27 bits per heavy atom. The number of aliphatic carboxylic acids is 1. The van der Waals surface area contributed by atoms with E-state index in [4.69, 9.17) is 5.11 Å². The van der Waals surface area contributed by atoms with Crippen LogP contribution in [0.1, 0.15) is 18.5 Å². The van der Waals surface area contributed by atoms with Crippen LogP contribution in [0.3, 0.4) is 0 Å². The van der Waals surface area contributed by atoms with Gasteiger partial charge >= 0.3 is 5.97 Å². The summed E-state index contributed by atoms with van der Waals surface area (Å²) in [6.07, 6.45) is 0. The van der Waals surface area contributed by atoms with Crippen LogP contribution in [0.4, 0.5) is 0 Å². The van der Waals surface area contributed by atoms with Gasteiger partial charge in [0, 0.05) is 15.6 Å². The van der Waals surface area contributed by atoms with Gasteiger partial charge in [0.15, 0.2) is 0 Å². The second kappa shape index (κ2) is 3.70. The Balaban J connectivity index is 2.56. The predicted octanol–water partition coefficient (Wildman–Crippen LogP) is 3.12. The number of benzene rings is 1. The Hall–Kier alpha value is -1.29. The van der Waals surface area contributed by atoms with E-state index in [0.29, 0.717) is 0 Å². The molecule has 0 amide bonds. The van der Waals surface area contributed by atoms with Crippen molar-refractivity contribution in [3.05, 3.63) is 34.4 Å². The molecule has 1 aromatic carbocycles. The largest absolute Gasteiger partial charge is 0.481 e. The van der Waals surface area contributed by atoms with E-state index in [1.165, 1.54) is 0 Å². The number of fused-ring (bicyclic) bond motifs is 1. The van der Waals surface area contributed by atoms with E-state index in [9.17, 15) is 4.79 Å². The highest BCUT2D eigenvalue weighted by atomic mass is 79.9. The summed E-state index contributed by atoms with van der Waals surface area (Å²) >= 11 is 3.42. The number of carboxylic acid groups (broad SMARTS) is 1. The Morgan fingerprint density at radius 3 is 2.87 bits per heavy atom. The molecule has 15 heavy (non-hydrogen) atoms. The van der Waals surface area contributed by atoms with Crippen molar-refractivity contribution < 1.29 is 9.90 Å². The Kier molecular flexibility index (Phi) is 2.52. The van der Waals surface area contributed by atoms with E-state index in [0.717, 1.165) is 21.1 Å². The zero-order valence-corrected chi connectivity index (χ0v) is 9.71. The monoisotopic (exact) mass is 267 g/mol. The summed E-state index contributed by atoms with van der Waals surface area (Å²) in [6, 6.07) is 7.68. The SMILES string of the molecule is CC(C(=O)O)c1cc2cccc(Br)c2[nH]1. The number of halogens is 1. The standard InChI is InChI=1S/C11H10BrNO2/c1-6(11(14)15)9-5-7-3-2-4-8(12)10(7)13-9/h2-6,13H,1H3,(H,14,15). The normalized spacial score (nSPS) is 12.9. The van der Waals surface area contributed by atoms with Crippen LogP contribution in [0.25, 0.3) is 10.9 Å². The van der Waals surface area contributed by atoms with Gasteiger partial charge in [0.2, 0.25) is 0 Å². The van der Waals surface area contributed by atoms with E-state index < -0.39 is 11.9 Å². The average Bonchev–Trinajstić information content (AvgIpc) is 2.61. The maximum atomic E-state index is 10.8. The van der Waals surface area contributed by atoms with Crippen molar-refractivity contribution >= 4 is 32.8 Å². The highest BCUT2D eigenvalue weighted by molar-refractivity contribution is 9.10. The van der Waals surface area contributed by atoms with Gasteiger partial charge in [0.05, 0.1) is 11.4 Å². The molecule has 0 bridgehead atoms. The van der Waals surface area contributed by atoms with Crippen molar-refractivity contribution in [1.29, 1.82) is 0 Å². The lowest BCUT2D eigenvalue weighted by molar-refractivity contribution is -0.138. The smallest absolute Gasteiger partial charge is 0.312 e. The van der Waals surface area contributed by atoms with Crippen LogP contribution in [-0.4, -0.2) is 16.1 Å². The summed E-state index contributed by atoms with van der Waals surface area (Å²) in [7, 11) is 0. The van der Waals surface area contributed by atoms with Crippen LogP contribution >= 0.6 is 15.9 Å². The van der Waals surface area contributed by atoms with Gasteiger partial charge in [0.1, 0.15) is 0 Å². The van der Waals surface area contributed by atoms with Gasteiger partial charge in [-0.05, 0) is 35.0 Å². The number of para-hydroxylation sites is 1. The van der Waals surface area contributed by atoms with Crippen LogP contribution in [-0.2, 0) is 4.79 Å². The molecule has 2 aromatic rings. The number of nitrogens with one attached hydrogen (secondary N) is 1. The third-order valence-electron chi connectivity index (χ3n) is 2.46. The number of rotatable bonds is 2. The first-order chi connectivity index (χ1) is 7.09. The molecule has 2 N–H and O–H groups in total. The van der Waals surface area contributed by atoms with Gasteiger partial charge in [-0.2, -0.15) is 0 Å². The third kappa shape index (κ3) is 1.77. The number of aromatic nitrogens is 1. The quantitative estimate of drug-likeness (QED) is 0.879. The number of hydrogen-bond donors (Lipinski definition) is 2. The molecule has 78 valence electrons. The highest BCUT2D eigenvalue weighted by Gasteiger charge is 2.16. The first kappa shape index (κ1) is 10.2. The molecule has 4 heteroatoms. The van der Waals surface area contributed by atoms with Crippen molar-refractivity contribution in [2.45, 2.75) is 12.8 Å². The fraction of sp³-hybridized carbons (Fsp3) is 0.182. The lowest BCUT2D eigenvalue weighted by atomic mass is 10.1. The topological polar surface area (TPSA) is 53.1 Å². The maximum Gasteiger partial charge on any atom is 0.312 e. The van der Waals surface area contributed by atoms with Gasteiger partial charge in [-0.15, -0.1) is 0 Å². The lowest BCUT2D eigenvalue weighted by Gasteiger charge is -2.01. The minimum atomic E-state index is -0.822. The van der Waals surface area contributed by atoms with Crippen LogP contribution in [0.15, 0.2) is 28.7 Å². The van der Waals surface area contributed by atoms with Crippen LogP contribution < -0.4 is 0 Å². The predicted molar refractivity (Wildman–Crippen MR) is 62.0 cm³/mol. The molecule has 1 atom stereocenters. The fourth-order valence-electron chi connectivity index (χ4n) is 1.51. The van der Waals surface area contributed by atoms with Gasteiger partial charge in [0.25, 0.3) is 0 Å². The second-order valence-corrected chi connectivity index (χ2v) is 4.34. The van der Waals surface area contributed by atoms with E-state index in [-0.39, 0.29) is 0 Å². The Bertz CT molecular complexity index is 518. The number of carboxylic acids is 1. The molecule has 1 aromatic heterocycles. The van der Waals surface area contributed by atoms with Gasteiger partial charge in [-0.3, -0.25) is 4.79 Å². The van der Waals surface area contributed by atoms with E-state index >= 15 is 0 Å². The molecule has 2 rings (SSSR count). The fourth-order valence-corrected chi connectivity index (χ4v) is 1.99. The molecule has 0 saturated carbocycles. The van der Waals surface area contributed by atoms with E-state index in [1.54, 1.807) is 6.92 Å². The first-order valence-electron chi connectivity index (χ1n) is 4.59. The Morgan fingerprint density at radius 1 is 1.53 bits per heavy atom. The van der Waals surface area contributed by atoms with Gasteiger partial charge < -0.3 is 10.1 Å². The first-order valence-corrected chi connectivity index (χ1v) is 5.39.